The minimum absolute atomic E-state index is 0.852. The molecule has 4 heterocycles. The number of rotatable bonds is 2. The summed E-state index contributed by atoms with van der Waals surface area (Å²) >= 11 is 0. The normalized spacial score (nSPS) is 13.9. The number of imidazole rings is 1. The Hall–Kier alpha value is -3.81. The molecule has 0 saturated heterocycles. The molecule has 0 spiro atoms. The van der Waals surface area contributed by atoms with Crippen molar-refractivity contribution in [3.05, 3.63) is 60.5 Å². The van der Waals surface area contributed by atoms with Crippen LogP contribution in [0.1, 0.15) is 5.82 Å². The molecular formula is C21H21N8+. The van der Waals surface area contributed by atoms with Crippen LogP contribution in [-0.2, 0) is 14.1 Å². The van der Waals surface area contributed by atoms with Crippen molar-refractivity contribution < 1.29 is 4.57 Å². The van der Waals surface area contributed by atoms with Crippen LogP contribution in [0.25, 0.3) is 28.4 Å². The molecule has 0 unspecified atom stereocenters. The fourth-order valence-electron chi connectivity index (χ4n) is 3.78. The number of aromatic nitrogens is 6. The molecule has 29 heavy (non-hydrogen) atoms. The van der Waals surface area contributed by atoms with Gasteiger partial charge in [-0.1, -0.05) is 18.2 Å². The first-order chi connectivity index (χ1) is 14.1. The third-order valence-corrected chi connectivity index (χ3v) is 5.33. The van der Waals surface area contributed by atoms with Gasteiger partial charge in [0.15, 0.2) is 11.6 Å². The van der Waals surface area contributed by atoms with Gasteiger partial charge in [0.05, 0.1) is 31.3 Å². The molecule has 8 heteroatoms. The van der Waals surface area contributed by atoms with Gasteiger partial charge in [-0.15, -0.1) is 4.98 Å². The lowest BCUT2D eigenvalue weighted by Crippen LogP contribution is -2.31. The van der Waals surface area contributed by atoms with Gasteiger partial charge in [0.1, 0.15) is 12.0 Å². The van der Waals surface area contributed by atoms with Gasteiger partial charge in [-0.25, -0.2) is 24.1 Å². The van der Waals surface area contributed by atoms with Crippen molar-refractivity contribution in [2.24, 2.45) is 14.1 Å². The lowest BCUT2D eigenvalue weighted by atomic mass is 10.3. The Labute approximate surface area is 168 Å². The van der Waals surface area contributed by atoms with E-state index in [0.29, 0.717) is 0 Å². The second-order valence-corrected chi connectivity index (χ2v) is 7.04. The number of hydrogen-bond donors (Lipinski definition) is 0. The van der Waals surface area contributed by atoms with E-state index in [4.69, 9.17) is 9.97 Å². The number of para-hydroxylation sites is 2. The molecule has 5 rings (SSSR count). The van der Waals surface area contributed by atoms with E-state index >= 15 is 0 Å². The van der Waals surface area contributed by atoms with Crippen LogP contribution in [0.3, 0.4) is 0 Å². The number of fused-ring (bicyclic) bond motifs is 3. The maximum atomic E-state index is 4.79. The van der Waals surface area contributed by atoms with E-state index in [1.165, 1.54) is 0 Å². The van der Waals surface area contributed by atoms with Gasteiger partial charge >= 0.3 is 5.65 Å². The molecular weight excluding hydrogens is 364 g/mol. The Morgan fingerprint density at radius 3 is 2.14 bits per heavy atom. The molecule has 1 aliphatic heterocycles. The number of aryl methyl sites for hydroxylation is 2. The van der Waals surface area contributed by atoms with E-state index in [1.807, 2.05) is 67.7 Å². The Morgan fingerprint density at radius 1 is 0.897 bits per heavy atom. The molecule has 1 aliphatic rings. The van der Waals surface area contributed by atoms with E-state index in [9.17, 15) is 0 Å². The van der Waals surface area contributed by atoms with Crippen LogP contribution in [0.4, 0.5) is 11.6 Å². The average molecular weight is 385 g/mol. The second-order valence-electron chi connectivity index (χ2n) is 7.04. The highest BCUT2D eigenvalue weighted by molar-refractivity contribution is 5.85. The van der Waals surface area contributed by atoms with E-state index in [-0.39, 0.29) is 0 Å². The molecule has 0 radical (unpaired) electrons. The maximum absolute atomic E-state index is 4.79. The van der Waals surface area contributed by atoms with E-state index in [1.54, 1.807) is 12.4 Å². The molecule has 0 atom stereocenters. The largest absolute Gasteiger partial charge is 0.322 e. The van der Waals surface area contributed by atoms with Gasteiger partial charge in [0.25, 0.3) is 5.65 Å². The van der Waals surface area contributed by atoms with Crippen LogP contribution < -0.4 is 14.4 Å². The van der Waals surface area contributed by atoms with E-state index in [2.05, 4.69) is 31.9 Å². The first kappa shape index (κ1) is 17.3. The maximum Gasteiger partial charge on any atom is 0.322 e. The molecule has 4 aromatic rings. The van der Waals surface area contributed by atoms with Crippen molar-refractivity contribution in [3.63, 3.8) is 0 Å². The fraction of sp³-hybridized carbons (Fsp3) is 0.190. The van der Waals surface area contributed by atoms with Gasteiger partial charge in [0, 0.05) is 20.2 Å². The van der Waals surface area contributed by atoms with Gasteiger partial charge in [-0.2, -0.15) is 0 Å². The summed E-state index contributed by atoms with van der Waals surface area (Å²) in [5.41, 5.74) is 3.49. The predicted molar refractivity (Wildman–Crippen MR) is 113 cm³/mol. The average Bonchev–Trinajstić information content (AvgIpc) is 3.12. The van der Waals surface area contributed by atoms with Gasteiger partial charge < -0.3 is 9.80 Å². The molecule has 144 valence electrons. The number of benzene rings is 1. The summed E-state index contributed by atoms with van der Waals surface area (Å²) in [6.45, 7) is 0. The highest BCUT2D eigenvalue weighted by Crippen LogP contribution is 2.37. The first-order valence-electron chi connectivity index (χ1n) is 9.34. The molecule has 1 aromatic carbocycles. The smallest absolute Gasteiger partial charge is 0.312 e. The Balaban J connectivity index is 1.52. The lowest BCUT2D eigenvalue weighted by molar-refractivity contribution is -0.649. The zero-order valence-corrected chi connectivity index (χ0v) is 16.8. The lowest BCUT2D eigenvalue weighted by Gasteiger charge is -2.16. The summed E-state index contributed by atoms with van der Waals surface area (Å²) in [5.74, 6) is 3.72. The molecule has 3 aromatic heterocycles. The van der Waals surface area contributed by atoms with Crippen LogP contribution >= 0.6 is 0 Å². The number of allylic oxidation sites excluding steroid dienone is 2. The number of nitrogens with zero attached hydrogens (tertiary/aromatic N) is 8. The van der Waals surface area contributed by atoms with Crippen LogP contribution in [0, 0.1) is 0 Å². The summed E-state index contributed by atoms with van der Waals surface area (Å²) in [6.07, 6.45) is 9.57. The first-order valence-corrected chi connectivity index (χ1v) is 9.34. The molecule has 0 amide bonds. The zero-order valence-electron chi connectivity index (χ0n) is 16.8. The quantitative estimate of drug-likeness (QED) is 0.493. The second kappa shape index (κ2) is 6.37. The zero-order chi connectivity index (χ0) is 20.1. The summed E-state index contributed by atoms with van der Waals surface area (Å²) in [5, 5.41) is 0. The van der Waals surface area contributed by atoms with Crippen LogP contribution in [0.15, 0.2) is 54.6 Å². The number of anilines is 2. The minimum Gasteiger partial charge on any atom is -0.312 e. The molecule has 0 fully saturated rings. The topological polar surface area (TPSA) is 66.9 Å². The number of hydrogen-bond acceptors (Lipinski definition) is 6. The highest BCUT2D eigenvalue weighted by atomic mass is 15.4. The van der Waals surface area contributed by atoms with Crippen LogP contribution in [-0.4, -0.2) is 38.6 Å². The van der Waals surface area contributed by atoms with Crippen molar-refractivity contribution >= 4 is 40.0 Å². The predicted octanol–water partition coefficient (Wildman–Crippen LogP) is 2.18. The summed E-state index contributed by atoms with van der Waals surface area (Å²) < 4.78 is 4.06. The van der Waals surface area contributed by atoms with Crippen LogP contribution in [0.2, 0.25) is 0 Å². The molecule has 8 nitrogen and oxygen atoms in total. The van der Waals surface area contributed by atoms with Gasteiger partial charge in [-0.3, -0.25) is 0 Å². The Bertz CT molecular complexity index is 1230. The summed E-state index contributed by atoms with van der Waals surface area (Å²) in [6, 6.07) is 7.94. The third-order valence-electron chi connectivity index (χ3n) is 5.33. The SMILES string of the molecule is CN1C(=CC=Cc2n(C)c3nccnc3[n+]2C)N(C)c2nc3ccccc3nc21. The van der Waals surface area contributed by atoms with Crippen molar-refractivity contribution in [2.75, 3.05) is 23.9 Å². The standard InChI is InChI=1S/C21H21N8/c1-26-16(27(2)19-18(26)22-12-13-23-19)10-7-11-17-28(3)20-21(29(17)4)25-15-9-6-5-8-14(15)24-20/h5-13H,1-4H3/q+1. The monoisotopic (exact) mass is 385 g/mol. The summed E-state index contributed by atoms with van der Waals surface area (Å²) in [4.78, 5) is 22.5. The molecule has 0 bridgehead atoms. The van der Waals surface area contributed by atoms with Crippen molar-refractivity contribution in [1.29, 1.82) is 0 Å². The van der Waals surface area contributed by atoms with Crippen molar-refractivity contribution in [3.8, 4) is 0 Å². The highest BCUT2D eigenvalue weighted by Gasteiger charge is 2.29. The molecule has 0 N–H and O–H groups in total. The Kier molecular flexibility index (Phi) is 3.80. The Morgan fingerprint density at radius 2 is 1.52 bits per heavy atom. The van der Waals surface area contributed by atoms with E-state index in [0.717, 1.165) is 45.6 Å². The summed E-state index contributed by atoms with van der Waals surface area (Å²) in [7, 11) is 8.01. The van der Waals surface area contributed by atoms with Crippen molar-refractivity contribution in [1.82, 2.24) is 24.5 Å². The van der Waals surface area contributed by atoms with Gasteiger partial charge in [-0.05, 0) is 18.2 Å². The van der Waals surface area contributed by atoms with Crippen LogP contribution in [0.5, 0.6) is 0 Å². The molecule has 0 saturated carbocycles. The van der Waals surface area contributed by atoms with Gasteiger partial charge in [0.2, 0.25) is 5.82 Å². The fourth-order valence-corrected chi connectivity index (χ4v) is 3.78. The molecule has 0 aliphatic carbocycles. The minimum atomic E-state index is 0.852. The van der Waals surface area contributed by atoms with Crippen molar-refractivity contribution in [2.45, 2.75) is 0 Å². The van der Waals surface area contributed by atoms with E-state index < -0.39 is 0 Å². The third kappa shape index (κ3) is 2.56.